The van der Waals surface area contributed by atoms with E-state index in [1.807, 2.05) is 4.90 Å². The number of hydrogen-bond acceptors (Lipinski definition) is 7. The number of nitrogens with zero attached hydrogens (tertiary/aromatic N) is 3. The molecule has 2 saturated heterocycles. The molecule has 0 unspecified atom stereocenters. The zero-order valence-corrected chi connectivity index (χ0v) is 21.5. The summed E-state index contributed by atoms with van der Waals surface area (Å²) in [6, 6.07) is 13.6. The molecule has 8 nitrogen and oxygen atoms in total. The van der Waals surface area contributed by atoms with Crippen molar-refractivity contribution in [2.24, 2.45) is 5.41 Å². The Labute approximate surface area is 228 Å². The van der Waals surface area contributed by atoms with Gasteiger partial charge in [0, 0.05) is 36.3 Å². The van der Waals surface area contributed by atoms with Crippen LogP contribution in [0.5, 0.6) is 5.88 Å². The number of hydrogen-bond donors (Lipinski definition) is 3. The summed E-state index contributed by atoms with van der Waals surface area (Å²) in [6.07, 6.45) is -5.16. The Morgan fingerprint density at radius 1 is 1.15 bits per heavy atom. The van der Waals surface area contributed by atoms with Gasteiger partial charge in [0.1, 0.15) is 11.9 Å². The SMILES string of the molecule is Nc1nc(O[C@H](c2ccc(Cl)cc2-c2ccccc2)C(F)(F)F)cc(N2CCC3(CC2)CN[C@@H](C(=O)O)C3)n1. The second-order valence-electron chi connectivity index (χ2n) is 10.0. The standard InChI is InChI=1S/C27H27ClF3N5O3/c28-17-6-7-18(19(12-17)16-4-2-1-3-5-16)23(27(29,30)31)39-22-13-21(34-25(32)35-22)36-10-8-26(9-11-36)14-20(24(37)38)33-15-26/h1-7,12-13,20,23,33H,8-11,14-15H2,(H,37,38)(H2,32,34,35)/t20-,23-/m1/s1. The van der Waals surface area contributed by atoms with E-state index in [1.165, 1.54) is 24.3 Å². The van der Waals surface area contributed by atoms with Crippen LogP contribution in [0.1, 0.15) is 30.9 Å². The van der Waals surface area contributed by atoms with Gasteiger partial charge in [0.05, 0.1) is 0 Å². The first-order valence-corrected chi connectivity index (χ1v) is 12.8. The van der Waals surface area contributed by atoms with Crippen LogP contribution in [0.4, 0.5) is 24.9 Å². The van der Waals surface area contributed by atoms with Crippen molar-refractivity contribution in [1.82, 2.24) is 15.3 Å². The normalized spacial score (nSPS) is 19.7. The Balaban J connectivity index is 1.40. The summed E-state index contributed by atoms with van der Waals surface area (Å²) >= 11 is 6.14. The van der Waals surface area contributed by atoms with Gasteiger partial charge < -0.3 is 25.8 Å². The zero-order chi connectivity index (χ0) is 27.8. The molecule has 2 aliphatic heterocycles. The van der Waals surface area contributed by atoms with Gasteiger partial charge >= 0.3 is 12.1 Å². The summed E-state index contributed by atoms with van der Waals surface area (Å²) in [5.41, 5.74) is 6.49. The Bertz CT molecular complexity index is 1350. The van der Waals surface area contributed by atoms with Crippen molar-refractivity contribution in [2.45, 2.75) is 37.6 Å². The Kier molecular flexibility index (Phi) is 7.30. The number of ether oxygens (including phenoxy) is 1. The fourth-order valence-corrected chi connectivity index (χ4v) is 5.56. The van der Waals surface area contributed by atoms with Crippen LogP contribution in [-0.4, -0.2) is 52.9 Å². The molecule has 3 heterocycles. The van der Waals surface area contributed by atoms with E-state index in [9.17, 15) is 23.1 Å². The zero-order valence-electron chi connectivity index (χ0n) is 20.8. The number of carboxylic acid groups (broad SMARTS) is 1. The van der Waals surface area contributed by atoms with Gasteiger partial charge in [0.2, 0.25) is 17.9 Å². The predicted molar refractivity (Wildman–Crippen MR) is 141 cm³/mol. The molecule has 5 rings (SSSR count). The van der Waals surface area contributed by atoms with E-state index >= 15 is 0 Å². The molecule has 0 radical (unpaired) electrons. The maximum absolute atomic E-state index is 14.4. The summed E-state index contributed by atoms with van der Waals surface area (Å²) in [6.45, 7) is 1.69. The minimum Gasteiger partial charge on any atom is -0.480 e. The highest BCUT2D eigenvalue weighted by Gasteiger charge is 2.46. The number of piperidine rings is 1. The van der Waals surface area contributed by atoms with E-state index in [-0.39, 0.29) is 22.8 Å². The van der Waals surface area contributed by atoms with Crippen LogP contribution < -0.4 is 20.7 Å². The van der Waals surface area contributed by atoms with Gasteiger partial charge in [-0.05, 0) is 47.9 Å². The van der Waals surface area contributed by atoms with Gasteiger partial charge in [0.15, 0.2) is 0 Å². The second kappa shape index (κ2) is 10.5. The molecule has 0 bridgehead atoms. The summed E-state index contributed by atoms with van der Waals surface area (Å²) in [5, 5.41) is 12.7. The topological polar surface area (TPSA) is 114 Å². The largest absolute Gasteiger partial charge is 0.480 e. The second-order valence-corrected chi connectivity index (χ2v) is 10.5. The number of halogens is 4. The van der Waals surface area contributed by atoms with E-state index in [0.29, 0.717) is 60.9 Å². The number of aromatic nitrogens is 2. The van der Waals surface area contributed by atoms with Crippen LogP contribution in [0.2, 0.25) is 5.02 Å². The highest BCUT2D eigenvalue weighted by Crippen LogP contribution is 2.43. The molecule has 0 saturated carbocycles. The number of rotatable bonds is 6. The summed E-state index contributed by atoms with van der Waals surface area (Å²) in [5.74, 6) is -1.03. The van der Waals surface area contributed by atoms with Crippen LogP contribution >= 0.6 is 11.6 Å². The molecule has 39 heavy (non-hydrogen) atoms. The van der Waals surface area contributed by atoms with Crippen molar-refractivity contribution < 1.29 is 27.8 Å². The third-order valence-electron chi connectivity index (χ3n) is 7.43. The highest BCUT2D eigenvalue weighted by atomic mass is 35.5. The van der Waals surface area contributed by atoms with Crippen molar-refractivity contribution >= 4 is 29.3 Å². The number of benzene rings is 2. The summed E-state index contributed by atoms with van der Waals surface area (Å²) < 4.78 is 48.7. The lowest BCUT2D eigenvalue weighted by Crippen LogP contribution is -2.41. The molecule has 2 atom stereocenters. The van der Waals surface area contributed by atoms with Crippen molar-refractivity contribution in [2.75, 3.05) is 30.3 Å². The van der Waals surface area contributed by atoms with E-state index in [2.05, 4.69) is 15.3 Å². The molecule has 0 amide bonds. The quantitative estimate of drug-likeness (QED) is 0.381. The number of carbonyl (C=O) groups is 1. The first-order chi connectivity index (χ1) is 18.5. The van der Waals surface area contributed by atoms with Gasteiger partial charge in [-0.25, -0.2) is 0 Å². The molecule has 2 aliphatic rings. The van der Waals surface area contributed by atoms with Crippen LogP contribution in [0.15, 0.2) is 54.6 Å². The lowest BCUT2D eigenvalue weighted by molar-refractivity contribution is -0.198. The van der Waals surface area contributed by atoms with Crippen LogP contribution in [0.3, 0.4) is 0 Å². The van der Waals surface area contributed by atoms with Gasteiger partial charge in [-0.15, -0.1) is 0 Å². The molecule has 1 spiro atoms. The fourth-order valence-electron chi connectivity index (χ4n) is 5.39. The molecule has 1 aromatic heterocycles. The van der Waals surface area contributed by atoms with Crippen molar-refractivity contribution in [1.29, 1.82) is 0 Å². The Hall–Kier alpha value is -3.57. The summed E-state index contributed by atoms with van der Waals surface area (Å²) in [7, 11) is 0. The highest BCUT2D eigenvalue weighted by molar-refractivity contribution is 6.30. The number of nitrogens with two attached hydrogens (primary N) is 1. The molecule has 2 aromatic carbocycles. The molecule has 12 heteroatoms. The van der Waals surface area contributed by atoms with E-state index in [4.69, 9.17) is 22.1 Å². The number of alkyl halides is 3. The first kappa shape index (κ1) is 27.0. The van der Waals surface area contributed by atoms with Gasteiger partial charge in [-0.2, -0.15) is 23.1 Å². The number of anilines is 2. The third-order valence-corrected chi connectivity index (χ3v) is 7.67. The molecular weight excluding hydrogens is 535 g/mol. The minimum atomic E-state index is -4.77. The first-order valence-electron chi connectivity index (χ1n) is 12.5. The Morgan fingerprint density at radius 3 is 2.51 bits per heavy atom. The summed E-state index contributed by atoms with van der Waals surface area (Å²) in [4.78, 5) is 21.5. The van der Waals surface area contributed by atoms with Gasteiger partial charge in [-0.1, -0.05) is 48.0 Å². The van der Waals surface area contributed by atoms with E-state index in [0.717, 1.165) is 0 Å². The molecule has 206 valence electrons. The Morgan fingerprint density at radius 2 is 1.87 bits per heavy atom. The number of nitrogen functional groups attached to an aromatic ring is 1. The van der Waals surface area contributed by atoms with Crippen molar-refractivity contribution in [3.05, 3.63) is 65.2 Å². The fraction of sp³-hybridized carbons (Fsp3) is 0.370. The molecule has 3 aromatic rings. The average molecular weight is 562 g/mol. The minimum absolute atomic E-state index is 0.113. The molecule has 0 aliphatic carbocycles. The van der Waals surface area contributed by atoms with Crippen LogP contribution in [0, 0.1) is 5.41 Å². The van der Waals surface area contributed by atoms with Gasteiger partial charge in [0.25, 0.3) is 0 Å². The number of aliphatic carboxylic acids is 1. The maximum Gasteiger partial charge on any atom is 0.429 e. The van der Waals surface area contributed by atoms with Crippen LogP contribution in [0.25, 0.3) is 11.1 Å². The van der Waals surface area contributed by atoms with Gasteiger partial charge in [-0.3, -0.25) is 4.79 Å². The van der Waals surface area contributed by atoms with E-state index < -0.39 is 24.3 Å². The third kappa shape index (κ3) is 5.89. The maximum atomic E-state index is 14.4. The molecular formula is C27H27ClF3N5O3. The average Bonchev–Trinajstić information content (AvgIpc) is 3.31. The monoisotopic (exact) mass is 561 g/mol. The number of carboxylic acids is 1. The predicted octanol–water partition coefficient (Wildman–Crippen LogP) is 5.09. The molecule has 2 fully saturated rings. The smallest absolute Gasteiger partial charge is 0.429 e. The number of nitrogens with one attached hydrogen (secondary N) is 1. The lowest BCUT2D eigenvalue weighted by atomic mass is 9.76. The van der Waals surface area contributed by atoms with Crippen molar-refractivity contribution in [3.63, 3.8) is 0 Å². The lowest BCUT2D eigenvalue weighted by Gasteiger charge is -2.39. The van der Waals surface area contributed by atoms with Crippen LogP contribution in [-0.2, 0) is 4.79 Å². The molecule has 4 N–H and O–H groups in total. The van der Waals surface area contributed by atoms with E-state index in [1.54, 1.807) is 30.3 Å². The van der Waals surface area contributed by atoms with Crippen molar-refractivity contribution in [3.8, 4) is 17.0 Å².